The van der Waals surface area contributed by atoms with E-state index < -0.39 is 0 Å². The average molecular weight is 311 g/mol. The molecule has 0 aliphatic heterocycles. The highest BCUT2D eigenvalue weighted by Gasteiger charge is 2.08. The molecule has 0 unspecified atom stereocenters. The molecule has 13 heavy (non-hydrogen) atoms. The number of Topliss-reactive ketones (excluding diaryl/α,β-unsaturated/α-hetero) is 1. The van der Waals surface area contributed by atoms with E-state index in [1.807, 2.05) is 22.6 Å². The van der Waals surface area contributed by atoms with Crippen molar-refractivity contribution in [1.82, 2.24) is 0 Å². The van der Waals surface area contributed by atoms with Gasteiger partial charge in [0.2, 0.25) is 0 Å². The minimum Gasteiger partial charge on any atom is -0.507 e. The number of aromatic hydroxyl groups is 1. The van der Waals surface area contributed by atoms with Crippen LogP contribution in [0.25, 0.3) is 0 Å². The SMILES string of the molecule is O=C(CCl)Cc1cccc(I)c1O. The van der Waals surface area contributed by atoms with Gasteiger partial charge in [0.25, 0.3) is 0 Å². The number of phenols is 1. The van der Waals surface area contributed by atoms with Crippen molar-refractivity contribution in [2.75, 3.05) is 5.88 Å². The van der Waals surface area contributed by atoms with Gasteiger partial charge in [-0.1, -0.05) is 12.1 Å². The second kappa shape index (κ2) is 4.81. The summed E-state index contributed by atoms with van der Waals surface area (Å²) in [5.41, 5.74) is 0.637. The Morgan fingerprint density at radius 1 is 1.54 bits per heavy atom. The predicted molar refractivity (Wildman–Crippen MR) is 60.3 cm³/mol. The standard InChI is InChI=1S/C9H8ClIO2/c10-5-7(12)4-6-2-1-3-8(11)9(6)13/h1-3,13H,4-5H2. The fraction of sp³-hybridized carbons (Fsp3) is 0.222. The van der Waals surface area contributed by atoms with Gasteiger partial charge < -0.3 is 5.11 Å². The van der Waals surface area contributed by atoms with Gasteiger partial charge >= 0.3 is 0 Å². The molecular weight excluding hydrogens is 302 g/mol. The molecule has 4 heteroatoms. The first-order chi connectivity index (χ1) is 6.15. The molecule has 70 valence electrons. The van der Waals surface area contributed by atoms with Crippen molar-refractivity contribution in [3.63, 3.8) is 0 Å². The van der Waals surface area contributed by atoms with Crippen molar-refractivity contribution in [2.24, 2.45) is 0 Å². The number of rotatable bonds is 3. The van der Waals surface area contributed by atoms with E-state index in [4.69, 9.17) is 11.6 Å². The third kappa shape index (κ3) is 2.84. The van der Waals surface area contributed by atoms with Crippen LogP contribution >= 0.6 is 34.2 Å². The van der Waals surface area contributed by atoms with Gasteiger partial charge in [-0.3, -0.25) is 4.79 Å². The van der Waals surface area contributed by atoms with Crippen LogP contribution in [0.2, 0.25) is 0 Å². The smallest absolute Gasteiger partial charge is 0.152 e. The number of benzene rings is 1. The van der Waals surface area contributed by atoms with E-state index in [1.54, 1.807) is 18.2 Å². The van der Waals surface area contributed by atoms with Crippen molar-refractivity contribution in [2.45, 2.75) is 6.42 Å². The molecule has 0 aliphatic rings. The normalized spacial score (nSPS) is 10.0. The molecule has 0 heterocycles. The van der Waals surface area contributed by atoms with Crippen molar-refractivity contribution in [3.05, 3.63) is 27.3 Å². The van der Waals surface area contributed by atoms with Gasteiger partial charge in [-0.15, -0.1) is 11.6 Å². The van der Waals surface area contributed by atoms with Crippen LogP contribution in [-0.2, 0) is 11.2 Å². The number of para-hydroxylation sites is 1. The van der Waals surface area contributed by atoms with Crippen LogP contribution in [0.1, 0.15) is 5.56 Å². The topological polar surface area (TPSA) is 37.3 Å². The van der Waals surface area contributed by atoms with Crippen LogP contribution in [-0.4, -0.2) is 16.8 Å². The maximum Gasteiger partial charge on any atom is 0.152 e. The predicted octanol–water partition coefficient (Wildman–Crippen LogP) is 2.35. The lowest BCUT2D eigenvalue weighted by molar-refractivity contribution is -0.116. The summed E-state index contributed by atoms with van der Waals surface area (Å²) in [6.07, 6.45) is 0.201. The Morgan fingerprint density at radius 2 is 2.23 bits per heavy atom. The molecule has 1 aromatic carbocycles. The Balaban J connectivity index is 2.89. The number of carbonyl (C=O) groups excluding carboxylic acids is 1. The Kier molecular flexibility index (Phi) is 3.99. The number of carbonyl (C=O) groups is 1. The third-order valence-corrected chi connectivity index (χ3v) is 2.78. The summed E-state index contributed by atoms with van der Waals surface area (Å²) in [7, 11) is 0. The van der Waals surface area contributed by atoms with Crippen LogP contribution in [0.4, 0.5) is 0 Å². The molecule has 1 N–H and O–H groups in total. The molecule has 0 aliphatic carbocycles. The summed E-state index contributed by atoms with van der Waals surface area (Å²) in [5, 5.41) is 9.54. The molecule has 1 aromatic rings. The molecule has 0 radical (unpaired) electrons. The highest BCUT2D eigenvalue weighted by molar-refractivity contribution is 14.1. The van der Waals surface area contributed by atoms with Gasteiger partial charge in [-0.05, 0) is 28.7 Å². The van der Waals surface area contributed by atoms with Gasteiger partial charge in [0, 0.05) is 12.0 Å². The van der Waals surface area contributed by atoms with Gasteiger partial charge in [0.1, 0.15) is 5.75 Å². The Morgan fingerprint density at radius 3 is 2.85 bits per heavy atom. The maximum atomic E-state index is 11.0. The minimum absolute atomic E-state index is 0.00901. The van der Waals surface area contributed by atoms with E-state index in [0.29, 0.717) is 5.56 Å². The number of halogens is 2. The van der Waals surface area contributed by atoms with E-state index >= 15 is 0 Å². The minimum atomic E-state index is -0.0843. The van der Waals surface area contributed by atoms with Gasteiger partial charge in [-0.25, -0.2) is 0 Å². The molecule has 0 saturated carbocycles. The summed E-state index contributed by atoms with van der Waals surface area (Å²) >= 11 is 7.38. The molecule has 2 nitrogen and oxygen atoms in total. The molecule has 0 bridgehead atoms. The molecule has 0 aromatic heterocycles. The largest absolute Gasteiger partial charge is 0.507 e. The average Bonchev–Trinajstić information content (AvgIpc) is 2.13. The summed E-state index contributed by atoms with van der Waals surface area (Å²) < 4.78 is 0.748. The van der Waals surface area contributed by atoms with Gasteiger partial charge in [0.15, 0.2) is 5.78 Å². The Bertz CT molecular complexity index is 325. The first-order valence-corrected chi connectivity index (χ1v) is 5.30. The number of hydrogen-bond acceptors (Lipinski definition) is 2. The van der Waals surface area contributed by atoms with Gasteiger partial charge in [-0.2, -0.15) is 0 Å². The second-order valence-electron chi connectivity index (χ2n) is 2.60. The number of ketones is 1. The third-order valence-electron chi connectivity index (χ3n) is 1.61. The zero-order chi connectivity index (χ0) is 9.84. The molecule has 0 spiro atoms. The summed E-state index contributed by atoms with van der Waals surface area (Å²) in [6, 6.07) is 5.31. The highest BCUT2D eigenvalue weighted by atomic mass is 127. The van der Waals surface area contributed by atoms with E-state index in [9.17, 15) is 9.90 Å². The van der Waals surface area contributed by atoms with E-state index in [1.165, 1.54) is 0 Å². The highest BCUT2D eigenvalue weighted by Crippen LogP contribution is 2.24. The van der Waals surface area contributed by atoms with Crippen LogP contribution < -0.4 is 0 Å². The van der Waals surface area contributed by atoms with Crippen LogP contribution in [0.15, 0.2) is 18.2 Å². The Hall–Kier alpha value is -0.290. The lowest BCUT2D eigenvalue weighted by atomic mass is 10.1. The van der Waals surface area contributed by atoms with Crippen molar-refractivity contribution < 1.29 is 9.90 Å². The zero-order valence-corrected chi connectivity index (χ0v) is 9.67. The van der Waals surface area contributed by atoms with Crippen LogP contribution in [0.5, 0.6) is 5.75 Å². The van der Waals surface area contributed by atoms with E-state index in [2.05, 4.69) is 0 Å². The summed E-state index contributed by atoms with van der Waals surface area (Å²) in [6.45, 7) is 0. The fourth-order valence-electron chi connectivity index (χ4n) is 0.962. The summed E-state index contributed by atoms with van der Waals surface area (Å²) in [5.74, 6) is 0.0887. The van der Waals surface area contributed by atoms with Crippen LogP contribution in [0, 0.1) is 3.57 Å². The van der Waals surface area contributed by atoms with E-state index in [0.717, 1.165) is 3.57 Å². The lowest BCUT2D eigenvalue weighted by Crippen LogP contribution is -2.04. The van der Waals surface area contributed by atoms with Gasteiger partial charge in [0.05, 0.1) is 9.45 Å². The number of alkyl halides is 1. The van der Waals surface area contributed by atoms with E-state index in [-0.39, 0.29) is 23.8 Å². The molecule has 1 rings (SSSR count). The first kappa shape index (κ1) is 10.8. The molecule has 0 saturated heterocycles. The molecule has 0 amide bonds. The van der Waals surface area contributed by atoms with Crippen molar-refractivity contribution >= 4 is 40.0 Å². The second-order valence-corrected chi connectivity index (χ2v) is 4.03. The number of hydrogen-bond donors (Lipinski definition) is 1. The summed E-state index contributed by atoms with van der Waals surface area (Å²) in [4.78, 5) is 11.0. The van der Waals surface area contributed by atoms with Crippen molar-refractivity contribution in [3.8, 4) is 5.75 Å². The first-order valence-electron chi connectivity index (χ1n) is 3.69. The quantitative estimate of drug-likeness (QED) is 0.687. The zero-order valence-electron chi connectivity index (χ0n) is 6.76. The maximum absolute atomic E-state index is 11.0. The number of phenolic OH excluding ortho intramolecular Hbond substituents is 1. The van der Waals surface area contributed by atoms with Crippen LogP contribution in [0.3, 0.4) is 0 Å². The molecule has 0 atom stereocenters. The fourth-order valence-corrected chi connectivity index (χ4v) is 1.61. The lowest BCUT2D eigenvalue weighted by Gasteiger charge is -2.03. The van der Waals surface area contributed by atoms with Crippen molar-refractivity contribution in [1.29, 1.82) is 0 Å². The Labute approximate surface area is 95.0 Å². The monoisotopic (exact) mass is 310 g/mol. The molecular formula is C9H8ClIO2. The molecule has 0 fully saturated rings.